The number of piperidine rings is 1. The van der Waals surface area contributed by atoms with E-state index in [9.17, 15) is 4.57 Å². The molecule has 1 rings (SSSR count). The fourth-order valence-electron chi connectivity index (χ4n) is 1.90. The molecule has 0 radical (unpaired) electrons. The molecule has 2 atom stereocenters. The van der Waals surface area contributed by atoms with Crippen molar-refractivity contribution < 1.29 is 18.3 Å². The lowest BCUT2D eigenvalue weighted by Gasteiger charge is -2.33. The summed E-state index contributed by atoms with van der Waals surface area (Å²) in [6, 6.07) is -0.0577. The number of methoxy groups -OCH3 is 1. The highest BCUT2D eigenvalue weighted by Crippen LogP contribution is 2.44. The minimum atomic E-state index is -3.21. The van der Waals surface area contributed by atoms with Gasteiger partial charge in [0, 0.05) is 13.7 Å². The van der Waals surface area contributed by atoms with Gasteiger partial charge in [-0.1, -0.05) is 0 Å². The molecule has 1 heterocycles. The van der Waals surface area contributed by atoms with Crippen molar-refractivity contribution in [3.8, 4) is 0 Å². The molecule has 2 N–H and O–H groups in total. The third kappa shape index (κ3) is 4.66. The van der Waals surface area contributed by atoms with E-state index in [1.54, 1.807) is 21.0 Å². The second-order valence-corrected chi connectivity index (χ2v) is 5.61. The van der Waals surface area contributed by atoms with Crippen LogP contribution in [0.2, 0.25) is 0 Å². The van der Waals surface area contributed by atoms with Crippen LogP contribution in [-0.2, 0) is 18.3 Å². The van der Waals surface area contributed by atoms with Crippen molar-refractivity contribution in [3.63, 3.8) is 0 Å². The Morgan fingerprint density at radius 2 is 2.00 bits per heavy atom. The van der Waals surface area contributed by atoms with Gasteiger partial charge in [0.2, 0.25) is 0 Å². The fourth-order valence-corrected chi connectivity index (χ4v) is 3.47. The van der Waals surface area contributed by atoms with Crippen molar-refractivity contribution in [1.29, 1.82) is 0 Å². The van der Waals surface area contributed by atoms with E-state index in [0.717, 1.165) is 13.0 Å². The average molecular weight is 266 g/mol. The van der Waals surface area contributed by atoms with Crippen LogP contribution in [0.25, 0.3) is 0 Å². The van der Waals surface area contributed by atoms with E-state index in [1.165, 1.54) is 0 Å². The summed E-state index contributed by atoms with van der Waals surface area (Å²) in [5.74, 6) is 0. The molecule has 0 saturated carbocycles. The lowest BCUT2D eigenvalue weighted by Crippen LogP contribution is -2.51. The Balaban J connectivity index is 2.60. The average Bonchev–Trinajstić information content (AvgIpc) is 2.30. The number of rotatable bonds is 7. The molecule has 0 aromatic heterocycles. The van der Waals surface area contributed by atoms with Gasteiger partial charge in [-0.3, -0.25) is 9.05 Å². The van der Waals surface area contributed by atoms with E-state index in [-0.39, 0.29) is 12.1 Å². The highest BCUT2D eigenvalue weighted by molar-refractivity contribution is 7.51. The fraction of sp³-hybridized carbons (Fsp3) is 1.00. The Hall–Kier alpha value is 0.0300. The number of hydrogen-bond acceptors (Lipinski definition) is 5. The molecule has 0 aliphatic carbocycles. The van der Waals surface area contributed by atoms with Crippen LogP contribution in [0.4, 0.5) is 0 Å². The minimum Gasteiger partial charge on any atom is -0.380 e. The lowest BCUT2D eigenvalue weighted by molar-refractivity contribution is 0.0510. The molecule has 6 nitrogen and oxygen atoms in total. The van der Waals surface area contributed by atoms with Crippen LogP contribution >= 0.6 is 7.75 Å². The largest absolute Gasteiger partial charge is 0.405 e. The highest BCUT2D eigenvalue weighted by atomic mass is 31.2. The van der Waals surface area contributed by atoms with Gasteiger partial charge in [-0.2, -0.15) is 0 Å². The molecule has 7 heteroatoms. The summed E-state index contributed by atoms with van der Waals surface area (Å²) in [6.07, 6.45) is 0.914. The van der Waals surface area contributed by atoms with Gasteiger partial charge in [0.05, 0.1) is 25.4 Å². The molecule has 1 fully saturated rings. The van der Waals surface area contributed by atoms with E-state index < -0.39 is 7.75 Å². The summed E-state index contributed by atoms with van der Waals surface area (Å²) in [5.41, 5.74) is 0. The maximum atomic E-state index is 12.3. The molecule has 0 aromatic carbocycles. The summed E-state index contributed by atoms with van der Waals surface area (Å²) in [7, 11) is -1.54. The van der Waals surface area contributed by atoms with Gasteiger partial charge in [0.25, 0.3) is 0 Å². The molecule has 0 spiro atoms. The minimum absolute atomic E-state index is 0.0329. The van der Waals surface area contributed by atoms with Gasteiger partial charge in [0.1, 0.15) is 0 Å². The van der Waals surface area contributed by atoms with Crippen molar-refractivity contribution in [1.82, 2.24) is 10.4 Å². The van der Waals surface area contributed by atoms with Gasteiger partial charge >= 0.3 is 7.75 Å². The standard InChI is InChI=1S/C10H23N2O4P/c1-4-15-17(13,16-5-2)12-9-8-11-7-6-10(9)14-3/h9-11H,4-8H2,1-3H3,(H,12,13)/t9-,10-/m0/s1. The second kappa shape index (κ2) is 7.46. The summed E-state index contributed by atoms with van der Waals surface area (Å²) in [6.45, 7) is 5.89. The second-order valence-electron chi connectivity index (χ2n) is 3.84. The normalized spacial score (nSPS) is 26.1. The summed E-state index contributed by atoms with van der Waals surface area (Å²) in [4.78, 5) is 0. The number of hydrogen-bond donors (Lipinski definition) is 2. The van der Waals surface area contributed by atoms with Crippen molar-refractivity contribution in [2.75, 3.05) is 33.4 Å². The molecule has 1 aliphatic heterocycles. The molecule has 0 aromatic rings. The van der Waals surface area contributed by atoms with E-state index in [0.29, 0.717) is 19.8 Å². The van der Waals surface area contributed by atoms with Gasteiger partial charge in [0.15, 0.2) is 0 Å². The summed E-state index contributed by atoms with van der Waals surface area (Å²) >= 11 is 0. The topological polar surface area (TPSA) is 68.8 Å². The van der Waals surface area contributed by atoms with Crippen LogP contribution in [0.15, 0.2) is 0 Å². The van der Waals surface area contributed by atoms with Crippen LogP contribution in [0, 0.1) is 0 Å². The molecule has 0 unspecified atom stereocenters. The highest BCUT2D eigenvalue weighted by Gasteiger charge is 2.33. The number of nitrogens with one attached hydrogen (secondary N) is 2. The van der Waals surface area contributed by atoms with Crippen molar-refractivity contribution in [2.24, 2.45) is 0 Å². The zero-order valence-corrected chi connectivity index (χ0v) is 11.7. The van der Waals surface area contributed by atoms with Gasteiger partial charge in [-0.05, 0) is 26.8 Å². The van der Waals surface area contributed by atoms with Gasteiger partial charge in [-0.15, -0.1) is 0 Å². The third-order valence-electron chi connectivity index (χ3n) is 2.64. The van der Waals surface area contributed by atoms with Gasteiger partial charge < -0.3 is 10.1 Å². The molecular weight excluding hydrogens is 243 g/mol. The van der Waals surface area contributed by atoms with Crippen LogP contribution in [-0.4, -0.2) is 45.6 Å². The first-order valence-corrected chi connectivity index (χ1v) is 7.60. The molecule has 0 amide bonds. The zero-order valence-electron chi connectivity index (χ0n) is 10.8. The van der Waals surface area contributed by atoms with Crippen molar-refractivity contribution >= 4 is 7.75 Å². The molecule has 102 valence electrons. The van der Waals surface area contributed by atoms with E-state index in [2.05, 4.69) is 10.4 Å². The molecule has 17 heavy (non-hydrogen) atoms. The van der Waals surface area contributed by atoms with Crippen LogP contribution in [0.5, 0.6) is 0 Å². The SMILES string of the molecule is CCOP(=O)(N[C@H]1CNCC[C@@H]1OC)OCC. The van der Waals surface area contributed by atoms with Crippen molar-refractivity contribution in [3.05, 3.63) is 0 Å². The van der Waals surface area contributed by atoms with Crippen LogP contribution in [0.3, 0.4) is 0 Å². The molecule has 1 saturated heterocycles. The Morgan fingerprint density at radius 1 is 1.35 bits per heavy atom. The Kier molecular flexibility index (Phi) is 6.62. The number of ether oxygens (including phenoxy) is 1. The first-order valence-electron chi connectivity index (χ1n) is 6.05. The Morgan fingerprint density at radius 3 is 2.53 bits per heavy atom. The van der Waals surface area contributed by atoms with E-state index >= 15 is 0 Å². The van der Waals surface area contributed by atoms with E-state index in [4.69, 9.17) is 13.8 Å². The predicted octanol–water partition coefficient (Wildman–Crippen LogP) is 1.13. The monoisotopic (exact) mass is 266 g/mol. The first kappa shape index (κ1) is 15.1. The van der Waals surface area contributed by atoms with Crippen LogP contribution in [0.1, 0.15) is 20.3 Å². The molecule has 1 aliphatic rings. The van der Waals surface area contributed by atoms with Gasteiger partial charge in [-0.25, -0.2) is 9.65 Å². The van der Waals surface area contributed by atoms with Crippen LogP contribution < -0.4 is 10.4 Å². The Bertz CT molecular complexity index is 255. The quantitative estimate of drug-likeness (QED) is 0.673. The lowest BCUT2D eigenvalue weighted by atomic mass is 10.1. The smallest absolute Gasteiger partial charge is 0.380 e. The first-order chi connectivity index (χ1) is 8.15. The predicted molar refractivity (Wildman–Crippen MR) is 66.1 cm³/mol. The van der Waals surface area contributed by atoms with E-state index in [1.807, 2.05) is 0 Å². The molecular formula is C10H23N2O4P. The third-order valence-corrected chi connectivity index (χ3v) is 4.49. The summed E-state index contributed by atoms with van der Waals surface area (Å²) in [5, 5.41) is 6.19. The Labute approximate surface area is 103 Å². The zero-order chi connectivity index (χ0) is 12.7. The maximum absolute atomic E-state index is 12.3. The molecule has 0 bridgehead atoms. The maximum Gasteiger partial charge on any atom is 0.405 e. The summed E-state index contributed by atoms with van der Waals surface area (Å²) < 4.78 is 28.1. The van der Waals surface area contributed by atoms with Crippen molar-refractivity contribution in [2.45, 2.75) is 32.4 Å².